The molecule has 5 nitrogen and oxygen atoms in total. The molecule has 2 atom stereocenters. The van der Waals surface area contributed by atoms with E-state index in [1.807, 2.05) is 42.1 Å². The summed E-state index contributed by atoms with van der Waals surface area (Å²) in [5, 5.41) is 0. The Morgan fingerprint density at radius 3 is 2.39 bits per heavy atom. The Hall–Kier alpha value is -3.12. The van der Waals surface area contributed by atoms with Gasteiger partial charge < -0.3 is 19.1 Å². The second-order valence-electron chi connectivity index (χ2n) is 11.6. The van der Waals surface area contributed by atoms with Gasteiger partial charge in [-0.3, -0.25) is 4.79 Å². The molecule has 198 valence electrons. The van der Waals surface area contributed by atoms with E-state index in [2.05, 4.69) is 62.1 Å². The van der Waals surface area contributed by atoms with E-state index in [9.17, 15) is 4.79 Å². The highest BCUT2D eigenvalue weighted by molar-refractivity contribution is 7.98. The summed E-state index contributed by atoms with van der Waals surface area (Å²) >= 11 is 1.86. The molecule has 0 radical (unpaired) electrons. The minimum Gasteiger partial charge on any atom is -0.490 e. The van der Waals surface area contributed by atoms with Crippen molar-refractivity contribution < 1.29 is 19.0 Å². The summed E-state index contributed by atoms with van der Waals surface area (Å²) in [6.07, 6.45) is 3.91. The Balaban J connectivity index is 1.07. The second-order valence-corrected chi connectivity index (χ2v) is 12.6. The lowest BCUT2D eigenvalue weighted by Gasteiger charge is -2.39. The number of rotatable bonds is 6. The number of thioether (sulfide) groups is 1. The van der Waals surface area contributed by atoms with Crippen LogP contribution in [0.4, 0.5) is 0 Å². The molecule has 2 bridgehead atoms. The van der Waals surface area contributed by atoms with Crippen LogP contribution in [0.15, 0.2) is 71.6 Å². The molecular formula is C32H35NO4S. The second kappa shape index (κ2) is 10.2. The SMILES string of the molecule is CC(C)(C)c1ccccc1SCc1ccc(C(=O)N2C3CCC2CC(Oc2ccc4c(c2)OCO4)C3)cc1. The van der Waals surface area contributed by atoms with Crippen molar-refractivity contribution in [2.75, 3.05) is 6.79 Å². The van der Waals surface area contributed by atoms with Crippen LogP contribution in [0.2, 0.25) is 0 Å². The number of carbonyl (C=O) groups is 1. The van der Waals surface area contributed by atoms with Crippen molar-refractivity contribution in [3.8, 4) is 17.2 Å². The first-order valence-electron chi connectivity index (χ1n) is 13.6. The van der Waals surface area contributed by atoms with Gasteiger partial charge in [-0.05, 0) is 59.7 Å². The normalized spacial score (nSPS) is 22.0. The predicted molar refractivity (Wildman–Crippen MR) is 150 cm³/mol. The van der Waals surface area contributed by atoms with Gasteiger partial charge in [-0.25, -0.2) is 0 Å². The molecule has 3 heterocycles. The van der Waals surface area contributed by atoms with Crippen LogP contribution in [0.25, 0.3) is 0 Å². The fraction of sp³-hybridized carbons (Fsp3) is 0.406. The molecule has 6 rings (SSSR count). The average molecular weight is 530 g/mol. The van der Waals surface area contributed by atoms with Crippen LogP contribution in [0.1, 0.15) is 67.9 Å². The average Bonchev–Trinajstić information content (AvgIpc) is 3.48. The topological polar surface area (TPSA) is 48.0 Å². The molecule has 3 aliphatic rings. The highest BCUT2D eigenvalue weighted by Gasteiger charge is 2.44. The highest BCUT2D eigenvalue weighted by atomic mass is 32.2. The molecule has 0 N–H and O–H groups in total. The van der Waals surface area contributed by atoms with Crippen molar-refractivity contribution in [1.29, 1.82) is 0 Å². The molecule has 0 saturated carbocycles. The highest BCUT2D eigenvalue weighted by Crippen LogP contribution is 2.40. The largest absolute Gasteiger partial charge is 0.490 e. The number of fused-ring (bicyclic) bond motifs is 3. The van der Waals surface area contributed by atoms with Crippen LogP contribution >= 0.6 is 11.8 Å². The van der Waals surface area contributed by atoms with Crippen LogP contribution in [0, 0.1) is 0 Å². The monoisotopic (exact) mass is 529 g/mol. The van der Waals surface area contributed by atoms with Crippen LogP contribution in [-0.2, 0) is 11.2 Å². The zero-order chi connectivity index (χ0) is 26.3. The lowest BCUT2D eigenvalue weighted by molar-refractivity contribution is 0.0358. The van der Waals surface area contributed by atoms with Crippen LogP contribution < -0.4 is 14.2 Å². The van der Waals surface area contributed by atoms with Crippen LogP contribution in [0.3, 0.4) is 0 Å². The van der Waals surface area contributed by atoms with E-state index >= 15 is 0 Å². The maximum atomic E-state index is 13.5. The molecule has 2 saturated heterocycles. The predicted octanol–water partition coefficient (Wildman–Crippen LogP) is 7.22. The standard InChI is InChI=1S/C32H35NO4S/c1-32(2,3)27-6-4-5-7-30(27)38-19-21-8-10-22(11-9-21)31(34)33-23-12-13-24(33)17-26(16-23)37-25-14-15-28-29(18-25)36-20-35-28/h4-11,14-15,18,23-24,26H,12-13,16-17,19-20H2,1-3H3. The molecular weight excluding hydrogens is 494 g/mol. The van der Waals surface area contributed by atoms with Gasteiger partial charge in [0, 0.05) is 47.2 Å². The summed E-state index contributed by atoms with van der Waals surface area (Å²) in [5.41, 5.74) is 3.50. The first-order valence-corrected chi connectivity index (χ1v) is 14.5. The van der Waals surface area contributed by atoms with E-state index in [4.69, 9.17) is 14.2 Å². The molecule has 0 aliphatic carbocycles. The van der Waals surface area contributed by atoms with Gasteiger partial charge >= 0.3 is 0 Å². The van der Waals surface area contributed by atoms with E-state index < -0.39 is 0 Å². The summed E-state index contributed by atoms with van der Waals surface area (Å²) in [6, 6.07) is 23.1. The summed E-state index contributed by atoms with van der Waals surface area (Å²) in [4.78, 5) is 17.0. The maximum Gasteiger partial charge on any atom is 0.254 e. The van der Waals surface area contributed by atoms with Crippen molar-refractivity contribution in [3.05, 3.63) is 83.4 Å². The van der Waals surface area contributed by atoms with Crippen molar-refractivity contribution in [2.24, 2.45) is 0 Å². The minimum atomic E-state index is 0.104. The molecule has 2 unspecified atom stereocenters. The number of hydrogen-bond donors (Lipinski definition) is 0. The fourth-order valence-electron chi connectivity index (χ4n) is 5.96. The number of benzene rings is 3. The Kier molecular flexibility index (Phi) is 6.77. The molecule has 3 aromatic rings. The molecule has 2 fully saturated rings. The summed E-state index contributed by atoms with van der Waals surface area (Å²) in [7, 11) is 0. The van der Waals surface area contributed by atoms with E-state index in [0.717, 1.165) is 54.2 Å². The number of carbonyl (C=O) groups excluding carboxylic acids is 1. The fourth-order valence-corrected chi connectivity index (χ4v) is 7.18. The number of piperidine rings is 1. The van der Waals surface area contributed by atoms with Gasteiger partial charge in [-0.1, -0.05) is 51.1 Å². The van der Waals surface area contributed by atoms with E-state index in [-0.39, 0.29) is 36.3 Å². The Morgan fingerprint density at radius 1 is 0.947 bits per heavy atom. The smallest absolute Gasteiger partial charge is 0.254 e. The molecule has 3 aliphatic heterocycles. The number of amides is 1. The van der Waals surface area contributed by atoms with Gasteiger partial charge in [0.1, 0.15) is 11.9 Å². The van der Waals surface area contributed by atoms with Crippen LogP contribution in [0.5, 0.6) is 17.2 Å². The van der Waals surface area contributed by atoms with Gasteiger partial charge in [-0.2, -0.15) is 0 Å². The maximum absolute atomic E-state index is 13.5. The van der Waals surface area contributed by atoms with Crippen LogP contribution in [-0.4, -0.2) is 35.8 Å². The Morgan fingerprint density at radius 2 is 1.66 bits per heavy atom. The molecule has 6 heteroatoms. The molecule has 38 heavy (non-hydrogen) atoms. The number of ether oxygens (including phenoxy) is 3. The Labute approximate surface area is 229 Å². The van der Waals surface area contributed by atoms with Gasteiger partial charge in [0.15, 0.2) is 11.5 Å². The van der Waals surface area contributed by atoms with Gasteiger partial charge in [0.05, 0.1) is 0 Å². The third kappa shape index (κ3) is 5.11. The lowest BCUT2D eigenvalue weighted by Crippen LogP contribution is -2.49. The molecule has 0 spiro atoms. The first-order chi connectivity index (χ1) is 18.3. The molecule has 0 aromatic heterocycles. The third-order valence-corrected chi connectivity index (χ3v) is 9.01. The first kappa shape index (κ1) is 25.2. The van der Waals surface area contributed by atoms with Crippen molar-refractivity contribution >= 4 is 17.7 Å². The van der Waals surface area contributed by atoms with E-state index in [0.29, 0.717) is 0 Å². The van der Waals surface area contributed by atoms with E-state index in [1.165, 1.54) is 16.0 Å². The zero-order valence-corrected chi connectivity index (χ0v) is 23.1. The van der Waals surface area contributed by atoms with Crippen molar-refractivity contribution in [1.82, 2.24) is 4.90 Å². The summed E-state index contributed by atoms with van der Waals surface area (Å²) in [6.45, 7) is 7.03. The number of nitrogens with zero attached hydrogens (tertiary/aromatic N) is 1. The minimum absolute atomic E-state index is 0.104. The number of hydrogen-bond acceptors (Lipinski definition) is 5. The van der Waals surface area contributed by atoms with E-state index in [1.54, 1.807) is 0 Å². The third-order valence-electron chi connectivity index (χ3n) is 7.86. The lowest BCUT2D eigenvalue weighted by atomic mass is 9.87. The zero-order valence-electron chi connectivity index (χ0n) is 22.3. The Bertz CT molecular complexity index is 1300. The molecule has 1 amide bonds. The molecule has 3 aromatic carbocycles. The van der Waals surface area contributed by atoms with Gasteiger partial charge in [0.2, 0.25) is 6.79 Å². The quantitative estimate of drug-likeness (QED) is 0.316. The summed E-state index contributed by atoms with van der Waals surface area (Å²) < 4.78 is 17.2. The summed E-state index contributed by atoms with van der Waals surface area (Å²) in [5.74, 6) is 3.33. The van der Waals surface area contributed by atoms with Gasteiger partial charge in [-0.15, -0.1) is 11.8 Å². The van der Waals surface area contributed by atoms with Crippen molar-refractivity contribution in [2.45, 2.75) is 80.7 Å². The van der Waals surface area contributed by atoms with Crippen molar-refractivity contribution in [3.63, 3.8) is 0 Å². The van der Waals surface area contributed by atoms with Gasteiger partial charge in [0.25, 0.3) is 5.91 Å².